The van der Waals surface area contributed by atoms with Crippen molar-refractivity contribution in [2.75, 3.05) is 0 Å². The van der Waals surface area contributed by atoms with Gasteiger partial charge in [0.25, 0.3) is 0 Å². The summed E-state index contributed by atoms with van der Waals surface area (Å²) in [5.74, 6) is 0. The topological polar surface area (TPSA) is 0 Å². The van der Waals surface area contributed by atoms with Crippen molar-refractivity contribution in [1.82, 2.24) is 0 Å². The van der Waals surface area contributed by atoms with E-state index in [1.165, 1.54) is 0 Å². The van der Waals surface area contributed by atoms with Crippen molar-refractivity contribution in [2.45, 2.75) is 0 Å². The summed E-state index contributed by atoms with van der Waals surface area (Å²) in [7, 11) is 0. The van der Waals surface area contributed by atoms with Crippen molar-refractivity contribution >= 4 is 141 Å². The van der Waals surface area contributed by atoms with Gasteiger partial charge in [0.15, 0.2) is 0 Å². The summed E-state index contributed by atoms with van der Waals surface area (Å²) in [6.45, 7) is 0. The minimum absolute atomic E-state index is 0. The Hall–Kier alpha value is 6.87. The van der Waals surface area contributed by atoms with E-state index >= 15 is 0 Å². The Morgan fingerprint density at radius 2 is 0.667 bits per heavy atom. The predicted molar refractivity (Wildman–Crippen MR) is 53.4 cm³/mol. The van der Waals surface area contributed by atoms with Gasteiger partial charge in [-0.15, -0.1) is 71.9 Å². The van der Waals surface area contributed by atoms with Crippen molar-refractivity contribution in [3.05, 3.63) is 0 Å². The molecular formula is H4CsDyI3Nd. The van der Waals surface area contributed by atoms with Crippen LogP contribution in [0.25, 0.3) is 0 Å². The molecular weight excluding hydrogens is 820 g/mol. The fraction of sp³-hybridized carbons (Fsp3) is 0. The Balaban J connectivity index is 0. The van der Waals surface area contributed by atoms with Crippen molar-refractivity contribution in [1.29, 1.82) is 0 Å². The molecule has 0 atom stereocenters. The van der Waals surface area contributed by atoms with Crippen molar-refractivity contribution in [3.63, 3.8) is 0 Å². The molecule has 0 aliphatic heterocycles. The predicted octanol–water partition coefficient (Wildman–Crippen LogP) is 1.21. The molecule has 0 spiro atoms. The minimum Gasteiger partial charge on any atom is 0 e. The number of hydrogen-bond acceptors (Lipinski definition) is 0. The van der Waals surface area contributed by atoms with Crippen LogP contribution >= 0.6 is 71.9 Å². The van der Waals surface area contributed by atoms with Gasteiger partial charge in [0.2, 0.25) is 0 Å². The molecule has 0 bridgehead atoms. The van der Waals surface area contributed by atoms with E-state index in [2.05, 4.69) is 0 Å². The van der Waals surface area contributed by atoms with Gasteiger partial charge in [-0.2, -0.15) is 0 Å². The maximum Gasteiger partial charge on any atom is 0 e. The normalized spacial score (nSPS) is 0. The molecule has 0 aromatic carbocycles. The average molecular weight is 824 g/mol. The van der Waals surface area contributed by atoms with Gasteiger partial charge in [-0.05, 0) is 0 Å². The second-order valence-electron chi connectivity index (χ2n) is 0. The summed E-state index contributed by atoms with van der Waals surface area (Å²) in [5.41, 5.74) is 0. The van der Waals surface area contributed by atoms with E-state index in [0.29, 0.717) is 0 Å². The Kier molecular flexibility index (Phi) is 190. The molecule has 6 heavy (non-hydrogen) atoms. The zero-order valence-electron chi connectivity index (χ0n) is 2.04. The Morgan fingerprint density at radius 1 is 0.667 bits per heavy atom. The van der Waals surface area contributed by atoms with Gasteiger partial charge in [0.05, 0.1) is 0 Å². The Morgan fingerprint density at radius 3 is 0.667 bits per heavy atom. The Labute approximate surface area is 212 Å². The quantitative estimate of drug-likeness (QED) is 0.323. The average Bonchev–Trinajstić information content (AvgIpc) is 0. The van der Waals surface area contributed by atoms with E-state index in [1.54, 1.807) is 0 Å². The SMILES string of the molecule is I.I.I.[CsH].[Dy].[Nd]. The molecule has 0 amide bonds. The van der Waals surface area contributed by atoms with Crippen LogP contribution in [0.1, 0.15) is 0 Å². The van der Waals surface area contributed by atoms with Gasteiger partial charge in [-0.1, -0.05) is 0 Å². The van der Waals surface area contributed by atoms with Gasteiger partial charge < -0.3 is 0 Å². The van der Waals surface area contributed by atoms with E-state index < -0.39 is 0 Å². The molecule has 0 aliphatic rings. The molecule has 0 aliphatic carbocycles. The van der Waals surface area contributed by atoms with Gasteiger partial charge in [0, 0.05) is 79.0 Å². The molecule has 0 fully saturated rings. The second-order valence-corrected chi connectivity index (χ2v) is 0. The molecule has 0 unspecified atom stereocenters. The zero-order chi connectivity index (χ0) is 0. The van der Waals surface area contributed by atoms with Crippen LogP contribution in [0.3, 0.4) is 0 Å². The van der Waals surface area contributed by atoms with Gasteiger partial charge in [0.1, 0.15) is 0 Å². The maximum atomic E-state index is 0. The molecule has 0 saturated heterocycles. The largest absolute Gasteiger partial charge is 0 e. The zero-order valence-corrected chi connectivity index (χ0v) is 14.3. The van der Waals surface area contributed by atoms with E-state index in [9.17, 15) is 0 Å². The van der Waals surface area contributed by atoms with Crippen LogP contribution in [0.2, 0.25) is 0 Å². The Bertz CT molecular complexity index is 10.8. The van der Waals surface area contributed by atoms with Gasteiger partial charge >= 0.3 is 68.9 Å². The van der Waals surface area contributed by atoms with Crippen molar-refractivity contribution in [3.8, 4) is 0 Å². The number of halogens is 3. The van der Waals surface area contributed by atoms with Crippen LogP contribution < -0.4 is 0 Å². The summed E-state index contributed by atoms with van der Waals surface area (Å²) in [6, 6.07) is 0. The van der Waals surface area contributed by atoms with Crippen LogP contribution in [0, 0.1) is 79.0 Å². The van der Waals surface area contributed by atoms with E-state index in [-0.39, 0.29) is 220 Å². The number of rotatable bonds is 0. The fourth-order valence-corrected chi connectivity index (χ4v) is 0. The van der Waals surface area contributed by atoms with E-state index in [1.807, 2.05) is 0 Å². The molecule has 0 heterocycles. The summed E-state index contributed by atoms with van der Waals surface area (Å²) >= 11 is 0. The van der Waals surface area contributed by atoms with Gasteiger partial charge in [-0.25, -0.2) is 0 Å². The summed E-state index contributed by atoms with van der Waals surface area (Å²) < 4.78 is 0. The van der Waals surface area contributed by atoms with E-state index in [4.69, 9.17) is 0 Å². The monoisotopic (exact) mass is 823 g/mol. The first-order valence-corrected chi connectivity index (χ1v) is 0. The molecule has 0 aromatic rings. The fourth-order valence-electron chi connectivity index (χ4n) is 0. The first-order chi connectivity index (χ1) is 0. The standard InChI is InChI=1S/Cs.Dy.3HI.Nd.H/h;;3*1H;;. The first-order valence-electron chi connectivity index (χ1n) is 0. The molecule has 0 nitrogen and oxygen atoms in total. The van der Waals surface area contributed by atoms with Crippen molar-refractivity contribution < 1.29 is 79.0 Å². The van der Waals surface area contributed by atoms with Gasteiger partial charge in [-0.3, -0.25) is 0 Å². The second kappa shape index (κ2) is 29.7. The first kappa shape index (κ1) is 38.4. The third-order valence-electron chi connectivity index (χ3n) is 0. The molecule has 0 N–H and O–H groups in total. The van der Waals surface area contributed by atoms with Crippen LogP contribution in [0.5, 0.6) is 0 Å². The van der Waals surface area contributed by atoms with E-state index in [0.717, 1.165) is 0 Å². The summed E-state index contributed by atoms with van der Waals surface area (Å²) in [4.78, 5) is 0. The molecule has 0 saturated carbocycles. The van der Waals surface area contributed by atoms with Crippen LogP contribution in [-0.2, 0) is 0 Å². The minimum atomic E-state index is 0. The molecule has 6 heteroatoms. The molecule has 40 valence electrons. The van der Waals surface area contributed by atoms with Crippen LogP contribution in [0.15, 0.2) is 0 Å². The van der Waals surface area contributed by atoms with Crippen molar-refractivity contribution in [2.24, 2.45) is 0 Å². The summed E-state index contributed by atoms with van der Waals surface area (Å²) in [5, 5.41) is 0. The number of hydrogen-bond donors (Lipinski definition) is 0. The smallest absolute Gasteiger partial charge is 0 e. The molecule has 0 rings (SSSR count). The third-order valence-corrected chi connectivity index (χ3v) is 0. The summed E-state index contributed by atoms with van der Waals surface area (Å²) in [6.07, 6.45) is 0. The molecule has 0 radical (unpaired) electrons. The molecule has 0 aromatic heterocycles. The maximum absolute atomic E-state index is 0. The third kappa shape index (κ3) is 22.4. The van der Waals surface area contributed by atoms with Crippen LogP contribution in [-0.4, -0.2) is 68.9 Å². The van der Waals surface area contributed by atoms with Crippen LogP contribution in [0.4, 0.5) is 0 Å².